The van der Waals surface area contributed by atoms with Crippen molar-refractivity contribution in [3.8, 4) is 0 Å². The maximum Gasteiger partial charge on any atom is 0.290 e. The van der Waals surface area contributed by atoms with E-state index < -0.39 is 11.3 Å². The highest BCUT2D eigenvalue weighted by molar-refractivity contribution is 6.30. The second-order valence-electron chi connectivity index (χ2n) is 8.74. The average Bonchev–Trinajstić information content (AvgIpc) is 2.89. The zero-order chi connectivity index (χ0) is 24.8. The molecule has 1 aromatic heterocycles. The van der Waals surface area contributed by atoms with Crippen LogP contribution in [0, 0.1) is 0 Å². The Morgan fingerprint density at radius 3 is 2.40 bits per heavy atom. The van der Waals surface area contributed by atoms with Gasteiger partial charge in [-0.25, -0.2) is 4.68 Å². The molecule has 3 aromatic rings. The molecule has 1 saturated heterocycles. The van der Waals surface area contributed by atoms with Crippen molar-refractivity contribution in [3.05, 3.63) is 75.2 Å². The number of hydrazine groups is 1. The van der Waals surface area contributed by atoms with Crippen LogP contribution in [0.2, 0.25) is 5.02 Å². The zero-order valence-corrected chi connectivity index (χ0v) is 20.4. The van der Waals surface area contributed by atoms with E-state index in [2.05, 4.69) is 22.9 Å². The van der Waals surface area contributed by atoms with Gasteiger partial charge in [0.2, 0.25) is 5.91 Å². The third kappa shape index (κ3) is 5.23. The summed E-state index contributed by atoms with van der Waals surface area (Å²) < 4.78 is 6.83. The lowest BCUT2D eigenvalue weighted by Crippen LogP contribution is -2.53. The first-order valence-corrected chi connectivity index (χ1v) is 12.3. The van der Waals surface area contributed by atoms with E-state index in [-0.39, 0.29) is 17.2 Å². The van der Waals surface area contributed by atoms with E-state index in [0.717, 1.165) is 24.8 Å². The fourth-order valence-electron chi connectivity index (χ4n) is 4.49. The molecule has 0 radical (unpaired) electrons. The van der Waals surface area contributed by atoms with Crippen LogP contribution in [0.4, 0.5) is 0 Å². The SMILES string of the molecule is CCCCCn1nc(C(=O)NNC(=O)C2(c3ccc(Cl)cc3)CCOCC2)c2ccccc2c1=O. The number of ether oxygens (including phenoxy) is 1. The molecule has 0 bridgehead atoms. The first-order chi connectivity index (χ1) is 17.0. The summed E-state index contributed by atoms with van der Waals surface area (Å²) in [4.78, 5) is 39.5. The van der Waals surface area contributed by atoms with E-state index in [4.69, 9.17) is 16.3 Å². The van der Waals surface area contributed by atoms with Gasteiger partial charge in [0, 0.05) is 30.2 Å². The Morgan fingerprint density at radius 1 is 1.03 bits per heavy atom. The molecule has 0 saturated carbocycles. The molecule has 0 atom stereocenters. The number of aromatic nitrogens is 2. The summed E-state index contributed by atoms with van der Waals surface area (Å²) in [6.07, 6.45) is 3.68. The van der Waals surface area contributed by atoms with Gasteiger partial charge in [0.05, 0.1) is 10.8 Å². The van der Waals surface area contributed by atoms with Crippen LogP contribution >= 0.6 is 11.6 Å². The van der Waals surface area contributed by atoms with E-state index in [0.29, 0.717) is 48.4 Å². The van der Waals surface area contributed by atoms with Gasteiger partial charge < -0.3 is 4.74 Å². The van der Waals surface area contributed by atoms with Gasteiger partial charge in [-0.1, -0.05) is 61.7 Å². The number of rotatable bonds is 7. The predicted octanol–water partition coefficient (Wildman–Crippen LogP) is 3.75. The van der Waals surface area contributed by atoms with Gasteiger partial charge in [0.25, 0.3) is 11.5 Å². The normalized spacial score (nSPS) is 15.0. The Balaban J connectivity index is 1.59. The summed E-state index contributed by atoms with van der Waals surface area (Å²) in [5, 5.41) is 5.79. The molecular formula is C26H29ClN4O4. The minimum absolute atomic E-state index is 0.0875. The molecule has 1 aliphatic heterocycles. The topological polar surface area (TPSA) is 102 Å². The van der Waals surface area contributed by atoms with Crippen molar-refractivity contribution < 1.29 is 14.3 Å². The van der Waals surface area contributed by atoms with Crippen LogP contribution in [0.5, 0.6) is 0 Å². The van der Waals surface area contributed by atoms with Gasteiger partial charge in [-0.2, -0.15) is 5.10 Å². The van der Waals surface area contributed by atoms with Crippen molar-refractivity contribution in [3.63, 3.8) is 0 Å². The molecule has 184 valence electrons. The predicted molar refractivity (Wildman–Crippen MR) is 134 cm³/mol. The van der Waals surface area contributed by atoms with Crippen molar-refractivity contribution in [2.24, 2.45) is 0 Å². The summed E-state index contributed by atoms with van der Waals surface area (Å²) in [5.41, 5.74) is 4.93. The summed E-state index contributed by atoms with van der Waals surface area (Å²) in [5.74, 6) is -0.922. The van der Waals surface area contributed by atoms with E-state index in [1.807, 2.05) is 12.1 Å². The van der Waals surface area contributed by atoms with Gasteiger partial charge in [-0.3, -0.25) is 25.2 Å². The Bertz CT molecular complexity index is 1270. The number of carbonyl (C=O) groups excluding carboxylic acids is 2. The number of aryl methyl sites for hydroxylation is 1. The number of halogens is 1. The van der Waals surface area contributed by atoms with Crippen LogP contribution in [0.25, 0.3) is 10.8 Å². The molecule has 2 aromatic carbocycles. The van der Waals surface area contributed by atoms with E-state index in [1.165, 1.54) is 4.68 Å². The fourth-order valence-corrected chi connectivity index (χ4v) is 4.62. The highest BCUT2D eigenvalue weighted by Crippen LogP contribution is 2.35. The first kappa shape index (κ1) is 24.9. The lowest BCUT2D eigenvalue weighted by molar-refractivity contribution is -0.131. The van der Waals surface area contributed by atoms with Crippen LogP contribution in [-0.4, -0.2) is 34.8 Å². The molecule has 2 amide bonds. The molecular weight excluding hydrogens is 468 g/mol. The largest absolute Gasteiger partial charge is 0.381 e. The monoisotopic (exact) mass is 496 g/mol. The van der Waals surface area contributed by atoms with Crippen molar-refractivity contribution in [2.75, 3.05) is 13.2 Å². The second-order valence-corrected chi connectivity index (χ2v) is 9.18. The fraction of sp³-hybridized carbons (Fsp3) is 0.385. The summed E-state index contributed by atoms with van der Waals surface area (Å²) in [7, 11) is 0. The molecule has 1 aliphatic rings. The molecule has 35 heavy (non-hydrogen) atoms. The van der Waals surface area contributed by atoms with Gasteiger partial charge in [0.15, 0.2) is 5.69 Å². The number of unbranched alkanes of at least 4 members (excludes halogenated alkanes) is 2. The van der Waals surface area contributed by atoms with E-state index in [9.17, 15) is 14.4 Å². The number of nitrogens with zero attached hydrogens (tertiary/aromatic N) is 2. The number of amides is 2. The molecule has 8 nitrogen and oxygen atoms in total. The summed E-state index contributed by atoms with van der Waals surface area (Å²) in [6, 6.07) is 14.0. The molecule has 0 spiro atoms. The quantitative estimate of drug-likeness (QED) is 0.383. The third-order valence-corrected chi connectivity index (χ3v) is 6.78. The number of benzene rings is 2. The Hall–Kier alpha value is -3.23. The van der Waals surface area contributed by atoms with Crippen molar-refractivity contribution in [1.29, 1.82) is 0 Å². The van der Waals surface area contributed by atoms with E-state index in [1.54, 1.807) is 36.4 Å². The minimum atomic E-state index is -0.857. The molecule has 4 rings (SSSR count). The van der Waals surface area contributed by atoms with Gasteiger partial charge >= 0.3 is 0 Å². The molecule has 9 heteroatoms. The molecule has 0 aliphatic carbocycles. The van der Waals surface area contributed by atoms with Crippen molar-refractivity contribution in [2.45, 2.75) is 51.0 Å². The number of nitrogens with one attached hydrogen (secondary N) is 2. The van der Waals surface area contributed by atoms with Crippen LogP contribution in [-0.2, 0) is 21.5 Å². The van der Waals surface area contributed by atoms with E-state index >= 15 is 0 Å². The molecule has 2 heterocycles. The van der Waals surface area contributed by atoms with Crippen molar-refractivity contribution >= 4 is 34.2 Å². The lowest BCUT2D eigenvalue weighted by atomic mass is 9.73. The smallest absolute Gasteiger partial charge is 0.290 e. The first-order valence-electron chi connectivity index (χ1n) is 11.9. The summed E-state index contributed by atoms with van der Waals surface area (Å²) in [6.45, 7) is 3.36. The molecule has 0 unspecified atom stereocenters. The number of hydrogen-bond donors (Lipinski definition) is 2. The van der Waals surface area contributed by atoms with Gasteiger partial charge in [0.1, 0.15) is 0 Å². The zero-order valence-electron chi connectivity index (χ0n) is 19.7. The Labute approximate surface area is 208 Å². The number of fused-ring (bicyclic) bond motifs is 1. The second kappa shape index (κ2) is 11.0. The Morgan fingerprint density at radius 2 is 1.71 bits per heavy atom. The molecule has 2 N–H and O–H groups in total. The Kier molecular flexibility index (Phi) is 7.83. The van der Waals surface area contributed by atoms with Crippen LogP contribution in [0.3, 0.4) is 0 Å². The average molecular weight is 497 g/mol. The van der Waals surface area contributed by atoms with Crippen LogP contribution in [0.1, 0.15) is 55.1 Å². The van der Waals surface area contributed by atoms with Gasteiger partial charge in [-0.15, -0.1) is 0 Å². The highest BCUT2D eigenvalue weighted by Gasteiger charge is 2.42. The van der Waals surface area contributed by atoms with Crippen LogP contribution in [0.15, 0.2) is 53.3 Å². The number of hydrogen-bond acceptors (Lipinski definition) is 5. The minimum Gasteiger partial charge on any atom is -0.381 e. The highest BCUT2D eigenvalue weighted by atomic mass is 35.5. The molecule has 1 fully saturated rings. The third-order valence-electron chi connectivity index (χ3n) is 6.52. The maximum absolute atomic E-state index is 13.4. The number of carbonyl (C=O) groups is 2. The lowest BCUT2D eigenvalue weighted by Gasteiger charge is -2.36. The summed E-state index contributed by atoms with van der Waals surface area (Å²) >= 11 is 6.04. The van der Waals surface area contributed by atoms with Gasteiger partial charge in [-0.05, 0) is 43.0 Å². The standard InChI is InChI=1S/C26H29ClN4O4/c1-2-3-6-15-31-24(33)21-8-5-4-7-20(21)22(30-31)23(32)28-29-25(34)26(13-16-35-17-14-26)18-9-11-19(27)12-10-18/h4-5,7-12H,2-3,6,13-17H2,1H3,(H,28,32)(H,29,34). The van der Waals surface area contributed by atoms with Crippen LogP contribution < -0.4 is 16.4 Å². The van der Waals surface area contributed by atoms with Crippen molar-refractivity contribution in [1.82, 2.24) is 20.6 Å². The maximum atomic E-state index is 13.4.